The van der Waals surface area contributed by atoms with Gasteiger partial charge in [-0.1, -0.05) is 19.1 Å². The minimum absolute atomic E-state index is 0.751. The van der Waals surface area contributed by atoms with Gasteiger partial charge in [-0.05, 0) is 24.2 Å². The maximum atomic E-state index is 5.42. The van der Waals surface area contributed by atoms with Crippen molar-refractivity contribution in [1.29, 1.82) is 0 Å². The van der Waals surface area contributed by atoms with E-state index in [0.717, 1.165) is 31.0 Å². The summed E-state index contributed by atoms with van der Waals surface area (Å²) in [6.45, 7) is 4.29. The van der Waals surface area contributed by atoms with Crippen molar-refractivity contribution in [3.63, 3.8) is 0 Å². The number of fused-ring (bicyclic) bond motifs is 1. The van der Waals surface area contributed by atoms with Gasteiger partial charge in [0.2, 0.25) is 0 Å². The van der Waals surface area contributed by atoms with E-state index in [2.05, 4.69) is 19.1 Å². The Bertz CT molecular complexity index is 151. The molecule has 0 aromatic rings. The first-order valence-electron chi connectivity index (χ1n) is 4.12. The van der Waals surface area contributed by atoms with Crippen LogP contribution in [0.1, 0.15) is 13.3 Å². The molecule has 1 aliphatic heterocycles. The van der Waals surface area contributed by atoms with Gasteiger partial charge < -0.3 is 4.74 Å². The molecule has 0 aromatic carbocycles. The van der Waals surface area contributed by atoms with E-state index in [1.54, 1.807) is 0 Å². The van der Waals surface area contributed by atoms with Crippen molar-refractivity contribution < 1.29 is 4.74 Å². The van der Waals surface area contributed by atoms with Crippen LogP contribution >= 0.6 is 0 Å². The lowest BCUT2D eigenvalue weighted by Gasteiger charge is -2.24. The first kappa shape index (κ1) is 6.41. The summed E-state index contributed by atoms with van der Waals surface area (Å²) in [5.74, 6) is 2.41. The molecule has 0 spiro atoms. The fourth-order valence-electron chi connectivity index (χ4n) is 2.05. The van der Waals surface area contributed by atoms with Crippen LogP contribution in [-0.4, -0.2) is 13.2 Å². The van der Waals surface area contributed by atoms with Crippen LogP contribution in [0.4, 0.5) is 0 Å². The van der Waals surface area contributed by atoms with Crippen LogP contribution in [-0.2, 0) is 4.74 Å². The molecule has 0 unspecified atom stereocenters. The highest BCUT2D eigenvalue weighted by Crippen LogP contribution is 2.34. The van der Waals surface area contributed by atoms with E-state index in [1.807, 2.05) is 0 Å². The van der Waals surface area contributed by atoms with Crippen molar-refractivity contribution >= 4 is 0 Å². The highest BCUT2D eigenvalue weighted by molar-refractivity contribution is 5.00. The molecule has 0 aromatic heterocycles. The molecule has 1 heteroatoms. The van der Waals surface area contributed by atoms with Crippen LogP contribution in [0, 0.1) is 17.8 Å². The Balaban J connectivity index is 2.13. The van der Waals surface area contributed by atoms with Crippen molar-refractivity contribution in [2.24, 2.45) is 17.8 Å². The van der Waals surface area contributed by atoms with Crippen molar-refractivity contribution in [2.45, 2.75) is 13.3 Å². The van der Waals surface area contributed by atoms with Crippen molar-refractivity contribution in [3.8, 4) is 0 Å². The lowest BCUT2D eigenvalue weighted by Crippen LogP contribution is -2.21. The second kappa shape index (κ2) is 2.39. The van der Waals surface area contributed by atoms with E-state index in [1.165, 1.54) is 6.42 Å². The molecule has 1 nitrogen and oxygen atoms in total. The zero-order chi connectivity index (χ0) is 6.97. The second-order valence-corrected chi connectivity index (χ2v) is 3.48. The highest BCUT2D eigenvalue weighted by Gasteiger charge is 2.32. The minimum Gasteiger partial charge on any atom is -0.381 e. The number of hydrogen-bond acceptors (Lipinski definition) is 1. The van der Waals surface area contributed by atoms with E-state index in [0.29, 0.717) is 0 Å². The zero-order valence-electron chi connectivity index (χ0n) is 6.42. The maximum Gasteiger partial charge on any atom is 0.0503 e. The Morgan fingerprint density at radius 3 is 3.10 bits per heavy atom. The van der Waals surface area contributed by atoms with Crippen LogP contribution in [0.25, 0.3) is 0 Å². The van der Waals surface area contributed by atoms with Crippen molar-refractivity contribution in [2.75, 3.05) is 13.2 Å². The molecule has 0 saturated carbocycles. The van der Waals surface area contributed by atoms with Gasteiger partial charge in [-0.25, -0.2) is 0 Å². The molecule has 1 heterocycles. The van der Waals surface area contributed by atoms with Gasteiger partial charge in [-0.3, -0.25) is 0 Å². The number of ether oxygens (including phenoxy) is 1. The summed E-state index contributed by atoms with van der Waals surface area (Å²) in [5.41, 5.74) is 0. The topological polar surface area (TPSA) is 9.23 Å². The van der Waals surface area contributed by atoms with Gasteiger partial charge in [0.05, 0.1) is 13.2 Å². The molecule has 0 bridgehead atoms. The van der Waals surface area contributed by atoms with Crippen LogP contribution in [0.3, 0.4) is 0 Å². The summed E-state index contributed by atoms with van der Waals surface area (Å²) >= 11 is 0. The summed E-state index contributed by atoms with van der Waals surface area (Å²) in [6.07, 6.45) is 5.88. The van der Waals surface area contributed by atoms with E-state index in [4.69, 9.17) is 4.74 Å². The summed E-state index contributed by atoms with van der Waals surface area (Å²) in [6, 6.07) is 0. The quantitative estimate of drug-likeness (QED) is 0.464. The number of rotatable bonds is 0. The standard InChI is InChI=1S/C9H14O/c1-7-3-2-4-8-5-10-6-9(7)8/h2-3,7-9H,4-6H2,1H3/t7-,8-,9-/m0/s1. The van der Waals surface area contributed by atoms with Crippen LogP contribution in [0.5, 0.6) is 0 Å². The largest absolute Gasteiger partial charge is 0.381 e. The summed E-state index contributed by atoms with van der Waals surface area (Å²) in [7, 11) is 0. The third-order valence-corrected chi connectivity index (χ3v) is 2.80. The molecule has 1 aliphatic carbocycles. The molecule has 10 heavy (non-hydrogen) atoms. The Kier molecular flexibility index (Phi) is 1.53. The zero-order valence-corrected chi connectivity index (χ0v) is 6.42. The molecule has 0 amide bonds. The van der Waals surface area contributed by atoms with Crippen LogP contribution < -0.4 is 0 Å². The summed E-state index contributed by atoms with van der Waals surface area (Å²) in [5, 5.41) is 0. The second-order valence-electron chi connectivity index (χ2n) is 3.48. The van der Waals surface area contributed by atoms with Gasteiger partial charge in [0, 0.05) is 0 Å². The Morgan fingerprint density at radius 1 is 1.40 bits per heavy atom. The predicted molar refractivity (Wildman–Crippen MR) is 40.7 cm³/mol. The van der Waals surface area contributed by atoms with Gasteiger partial charge in [0.15, 0.2) is 0 Å². The van der Waals surface area contributed by atoms with Gasteiger partial charge in [-0.2, -0.15) is 0 Å². The molecular weight excluding hydrogens is 124 g/mol. The van der Waals surface area contributed by atoms with Gasteiger partial charge >= 0.3 is 0 Å². The van der Waals surface area contributed by atoms with E-state index in [9.17, 15) is 0 Å². The maximum absolute atomic E-state index is 5.42. The fourth-order valence-corrected chi connectivity index (χ4v) is 2.05. The SMILES string of the molecule is C[C@H]1C=CC[C@H]2COC[C@H]21. The molecule has 3 atom stereocenters. The third-order valence-electron chi connectivity index (χ3n) is 2.80. The molecular formula is C9H14O. The van der Waals surface area contributed by atoms with Crippen LogP contribution in [0.15, 0.2) is 12.2 Å². The summed E-state index contributed by atoms with van der Waals surface area (Å²) < 4.78 is 5.42. The van der Waals surface area contributed by atoms with E-state index < -0.39 is 0 Å². The average molecular weight is 138 g/mol. The molecule has 1 saturated heterocycles. The van der Waals surface area contributed by atoms with E-state index >= 15 is 0 Å². The fraction of sp³-hybridized carbons (Fsp3) is 0.778. The van der Waals surface area contributed by atoms with Gasteiger partial charge in [0.1, 0.15) is 0 Å². The minimum atomic E-state index is 0.751. The predicted octanol–water partition coefficient (Wildman–Crippen LogP) is 1.84. The first-order chi connectivity index (χ1) is 4.88. The van der Waals surface area contributed by atoms with Crippen LogP contribution in [0.2, 0.25) is 0 Å². The molecule has 2 rings (SSSR count). The normalized spacial score (nSPS) is 45.5. The molecule has 0 radical (unpaired) electrons. The first-order valence-corrected chi connectivity index (χ1v) is 4.12. The number of hydrogen-bond donors (Lipinski definition) is 0. The lowest BCUT2D eigenvalue weighted by molar-refractivity contribution is 0.177. The van der Waals surface area contributed by atoms with Crippen molar-refractivity contribution in [1.82, 2.24) is 0 Å². The summed E-state index contributed by atoms with van der Waals surface area (Å²) in [4.78, 5) is 0. The van der Waals surface area contributed by atoms with Gasteiger partial charge in [-0.15, -0.1) is 0 Å². The Labute approximate surface area is 62.1 Å². The molecule has 56 valence electrons. The Hall–Kier alpha value is -0.300. The average Bonchev–Trinajstić information content (AvgIpc) is 2.36. The molecule has 1 fully saturated rings. The highest BCUT2D eigenvalue weighted by atomic mass is 16.5. The molecule has 2 aliphatic rings. The van der Waals surface area contributed by atoms with Crippen molar-refractivity contribution in [3.05, 3.63) is 12.2 Å². The van der Waals surface area contributed by atoms with E-state index in [-0.39, 0.29) is 0 Å². The monoisotopic (exact) mass is 138 g/mol. The lowest BCUT2D eigenvalue weighted by atomic mass is 9.79. The Morgan fingerprint density at radius 2 is 2.30 bits per heavy atom. The number of allylic oxidation sites excluding steroid dienone is 2. The third kappa shape index (κ3) is 0.891. The molecule has 0 N–H and O–H groups in total. The van der Waals surface area contributed by atoms with Gasteiger partial charge in [0.25, 0.3) is 0 Å². The smallest absolute Gasteiger partial charge is 0.0503 e.